The minimum atomic E-state index is 0.545. The van der Waals surface area contributed by atoms with E-state index in [1.165, 1.54) is 18.4 Å². The summed E-state index contributed by atoms with van der Waals surface area (Å²) in [4.78, 5) is 4.51. The molecule has 0 saturated heterocycles. The number of oxazole rings is 1. The molecule has 1 aromatic carbocycles. The molecule has 1 aliphatic rings. The van der Waals surface area contributed by atoms with Crippen LogP contribution in [0.25, 0.3) is 11.1 Å². The van der Waals surface area contributed by atoms with Crippen LogP contribution in [-0.2, 0) is 0 Å². The van der Waals surface area contributed by atoms with Crippen molar-refractivity contribution in [3.8, 4) is 0 Å². The highest BCUT2D eigenvalue weighted by Gasteiger charge is 2.28. The quantitative estimate of drug-likeness (QED) is 0.738. The molecular weight excluding hydrogens is 186 g/mol. The van der Waals surface area contributed by atoms with Crippen molar-refractivity contribution in [2.75, 3.05) is 0 Å². The van der Waals surface area contributed by atoms with Gasteiger partial charge in [-0.25, -0.2) is 4.98 Å². The first-order valence-corrected chi connectivity index (χ1v) is 5.64. The summed E-state index contributed by atoms with van der Waals surface area (Å²) >= 11 is 0. The molecule has 0 bridgehead atoms. The second kappa shape index (κ2) is 3.09. The molecule has 0 amide bonds. The van der Waals surface area contributed by atoms with Crippen molar-refractivity contribution in [1.29, 1.82) is 0 Å². The maximum Gasteiger partial charge on any atom is 0.198 e. The highest BCUT2D eigenvalue weighted by molar-refractivity contribution is 5.73. The van der Waals surface area contributed by atoms with Crippen molar-refractivity contribution in [3.63, 3.8) is 0 Å². The largest absolute Gasteiger partial charge is 0.440 e. The second-order valence-corrected chi connectivity index (χ2v) is 4.71. The van der Waals surface area contributed by atoms with Gasteiger partial charge in [0.1, 0.15) is 5.52 Å². The summed E-state index contributed by atoms with van der Waals surface area (Å²) in [5.41, 5.74) is 3.27. The van der Waals surface area contributed by atoms with Gasteiger partial charge in [-0.3, -0.25) is 0 Å². The summed E-state index contributed by atoms with van der Waals surface area (Å²) in [5, 5.41) is 0. The Labute approximate surface area is 89.3 Å². The van der Waals surface area contributed by atoms with Crippen LogP contribution in [0.15, 0.2) is 22.6 Å². The predicted octanol–water partition coefficient (Wildman–Crippen LogP) is 3.83. The van der Waals surface area contributed by atoms with Crippen LogP contribution in [0.3, 0.4) is 0 Å². The van der Waals surface area contributed by atoms with Crippen LogP contribution in [0.4, 0.5) is 0 Å². The van der Waals surface area contributed by atoms with E-state index in [-0.39, 0.29) is 0 Å². The Morgan fingerprint density at radius 1 is 1.33 bits per heavy atom. The molecule has 0 aliphatic heterocycles. The fraction of sp³-hybridized carbons (Fsp3) is 0.462. The molecule has 0 N–H and O–H groups in total. The third-order valence-electron chi connectivity index (χ3n) is 3.02. The molecule has 1 heterocycles. The van der Waals surface area contributed by atoms with Crippen LogP contribution in [-0.4, -0.2) is 4.98 Å². The molecule has 2 nitrogen and oxygen atoms in total. The maximum absolute atomic E-state index is 5.77. The minimum absolute atomic E-state index is 0.545. The lowest BCUT2D eigenvalue weighted by Gasteiger charge is -2.02. The third-order valence-corrected chi connectivity index (χ3v) is 3.02. The summed E-state index contributed by atoms with van der Waals surface area (Å²) in [5.74, 6) is 2.08. The highest BCUT2D eigenvalue weighted by atomic mass is 16.3. The number of hydrogen-bond donors (Lipinski definition) is 0. The Morgan fingerprint density at radius 2 is 2.13 bits per heavy atom. The molecule has 3 rings (SSSR count). The lowest BCUT2D eigenvalue weighted by molar-refractivity contribution is 0.532. The number of rotatable bonds is 2. The Bertz CT molecular complexity index is 494. The zero-order chi connectivity index (χ0) is 10.4. The lowest BCUT2D eigenvalue weighted by atomic mass is 10.0. The summed E-state index contributed by atoms with van der Waals surface area (Å²) in [6, 6.07) is 6.34. The molecule has 0 radical (unpaired) electrons. The molecule has 0 unspecified atom stereocenters. The average molecular weight is 201 g/mol. The summed E-state index contributed by atoms with van der Waals surface area (Å²) in [7, 11) is 0. The van der Waals surface area contributed by atoms with E-state index in [1.807, 2.05) is 0 Å². The first kappa shape index (κ1) is 8.96. The van der Waals surface area contributed by atoms with Crippen LogP contribution in [0, 0.1) is 0 Å². The minimum Gasteiger partial charge on any atom is -0.440 e. The second-order valence-electron chi connectivity index (χ2n) is 4.71. The third kappa shape index (κ3) is 1.54. The molecule has 1 aliphatic carbocycles. The van der Waals surface area contributed by atoms with Crippen LogP contribution in [0.1, 0.15) is 50.0 Å². The molecule has 78 valence electrons. The van der Waals surface area contributed by atoms with E-state index in [9.17, 15) is 0 Å². The van der Waals surface area contributed by atoms with Gasteiger partial charge in [-0.05, 0) is 36.5 Å². The first-order chi connectivity index (χ1) is 7.24. The number of hydrogen-bond acceptors (Lipinski definition) is 2. The van der Waals surface area contributed by atoms with Crippen molar-refractivity contribution in [3.05, 3.63) is 29.7 Å². The van der Waals surface area contributed by atoms with Crippen molar-refractivity contribution in [2.24, 2.45) is 0 Å². The Morgan fingerprint density at radius 3 is 2.80 bits per heavy atom. The van der Waals surface area contributed by atoms with Gasteiger partial charge in [0, 0.05) is 5.92 Å². The first-order valence-electron chi connectivity index (χ1n) is 5.64. The molecule has 1 fully saturated rings. The van der Waals surface area contributed by atoms with Crippen LogP contribution in [0.2, 0.25) is 0 Å². The molecule has 2 heteroatoms. The Balaban J connectivity index is 2.09. The van der Waals surface area contributed by atoms with E-state index < -0.39 is 0 Å². The molecule has 0 spiro atoms. The zero-order valence-corrected chi connectivity index (χ0v) is 9.16. The Kier molecular flexibility index (Phi) is 1.84. The zero-order valence-electron chi connectivity index (χ0n) is 9.16. The van der Waals surface area contributed by atoms with Gasteiger partial charge in [-0.1, -0.05) is 19.9 Å². The van der Waals surface area contributed by atoms with E-state index in [0.717, 1.165) is 17.0 Å². The van der Waals surface area contributed by atoms with Crippen molar-refractivity contribution in [2.45, 2.75) is 38.5 Å². The lowest BCUT2D eigenvalue weighted by Crippen LogP contribution is -1.85. The molecular formula is C13H15NO. The van der Waals surface area contributed by atoms with Gasteiger partial charge >= 0.3 is 0 Å². The molecule has 1 saturated carbocycles. The van der Waals surface area contributed by atoms with Gasteiger partial charge in [0.2, 0.25) is 0 Å². The maximum atomic E-state index is 5.77. The monoisotopic (exact) mass is 201 g/mol. The van der Waals surface area contributed by atoms with Gasteiger partial charge in [-0.15, -0.1) is 0 Å². The SMILES string of the molecule is CC(C)c1ccc2nc(C3CC3)oc2c1. The van der Waals surface area contributed by atoms with Gasteiger partial charge in [0.05, 0.1) is 0 Å². The van der Waals surface area contributed by atoms with Crippen molar-refractivity contribution < 1.29 is 4.42 Å². The molecule has 1 aromatic heterocycles. The summed E-state index contributed by atoms with van der Waals surface area (Å²) in [6.45, 7) is 4.39. The van der Waals surface area contributed by atoms with Gasteiger partial charge in [-0.2, -0.15) is 0 Å². The highest BCUT2D eigenvalue weighted by Crippen LogP contribution is 2.40. The molecule has 2 aromatic rings. The van der Waals surface area contributed by atoms with Gasteiger partial charge in [0.15, 0.2) is 11.5 Å². The number of nitrogens with zero attached hydrogens (tertiary/aromatic N) is 1. The topological polar surface area (TPSA) is 26.0 Å². The molecule has 15 heavy (non-hydrogen) atoms. The van der Waals surface area contributed by atoms with Crippen molar-refractivity contribution >= 4 is 11.1 Å². The van der Waals surface area contributed by atoms with Gasteiger partial charge in [0.25, 0.3) is 0 Å². The van der Waals surface area contributed by atoms with Crippen molar-refractivity contribution in [1.82, 2.24) is 4.98 Å². The summed E-state index contributed by atoms with van der Waals surface area (Å²) in [6.07, 6.45) is 2.48. The smallest absolute Gasteiger partial charge is 0.198 e. The number of fused-ring (bicyclic) bond motifs is 1. The van der Waals surface area contributed by atoms with Crippen LogP contribution >= 0.6 is 0 Å². The number of aromatic nitrogens is 1. The predicted molar refractivity (Wildman–Crippen MR) is 60.1 cm³/mol. The van der Waals surface area contributed by atoms with E-state index in [0.29, 0.717) is 11.8 Å². The van der Waals surface area contributed by atoms with Crippen LogP contribution < -0.4 is 0 Å². The fourth-order valence-corrected chi connectivity index (χ4v) is 1.82. The number of benzene rings is 1. The Hall–Kier alpha value is -1.31. The summed E-state index contributed by atoms with van der Waals surface area (Å²) < 4.78 is 5.77. The standard InChI is InChI=1S/C13H15NO/c1-8(2)10-5-6-11-12(7-10)15-13(14-11)9-3-4-9/h5-9H,3-4H2,1-2H3. The van der Waals surface area contributed by atoms with Gasteiger partial charge < -0.3 is 4.42 Å². The van der Waals surface area contributed by atoms with E-state index in [2.05, 4.69) is 37.0 Å². The average Bonchev–Trinajstić information content (AvgIpc) is 2.97. The van der Waals surface area contributed by atoms with E-state index >= 15 is 0 Å². The van der Waals surface area contributed by atoms with Crippen LogP contribution in [0.5, 0.6) is 0 Å². The van der Waals surface area contributed by atoms with E-state index in [1.54, 1.807) is 0 Å². The fourth-order valence-electron chi connectivity index (χ4n) is 1.82. The van der Waals surface area contributed by atoms with E-state index in [4.69, 9.17) is 4.42 Å². The normalized spacial score (nSPS) is 16.5. The molecule has 0 atom stereocenters.